The Morgan fingerprint density at radius 1 is 0.900 bits per heavy atom. The van der Waals surface area contributed by atoms with E-state index in [4.69, 9.17) is 0 Å². The molecule has 116 valence electrons. The highest BCUT2D eigenvalue weighted by atomic mass is 16.3. The van der Waals surface area contributed by atoms with Gasteiger partial charge >= 0.3 is 0 Å². The summed E-state index contributed by atoms with van der Waals surface area (Å²) in [7, 11) is 0. The van der Waals surface area contributed by atoms with Gasteiger partial charge in [0.25, 0.3) is 0 Å². The molecule has 0 amide bonds. The van der Waals surface area contributed by atoms with Crippen LogP contribution in [0.2, 0.25) is 0 Å². The van der Waals surface area contributed by atoms with E-state index in [2.05, 4.69) is 9.80 Å². The second-order valence-electron chi connectivity index (χ2n) is 7.81. The van der Waals surface area contributed by atoms with Crippen LogP contribution in [0.5, 0.6) is 0 Å². The largest absolute Gasteiger partial charge is 0.389 e. The van der Waals surface area contributed by atoms with Gasteiger partial charge in [0.1, 0.15) is 5.78 Å². The average molecular weight is 284 g/mol. The minimum absolute atomic E-state index is 0.145. The number of Topliss-reactive ketones (excluding diaryl/α,β-unsaturated/α-hetero) is 1. The van der Waals surface area contributed by atoms with Gasteiger partial charge < -0.3 is 10.2 Å². The van der Waals surface area contributed by atoms with E-state index in [1.165, 1.54) is 0 Å². The number of ketones is 1. The van der Waals surface area contributed by atoms with E-state index >= 15 is 0 Å². The quantitative estimate of drug-likeness (QED) is 0.717. The van der Waals surface area contributed by atoms with E-state index in [9.17, 15) is 15.0 Å². The molecule has 2 heterocycles. The van der Waals surface area contributed by atoms with Crippen LogP contribution < -0.4 is 0 Å². The molecule has 0 unspecified atom stereocenters. The molecule has 0 radical (unpaired) electrons. The first-order valence-corrected chi connectivity index (χ1v) is 7.47. The minimum Gasteiger partial charge on any atom is -0.389 e. The van der Waals surface area contributed by atoms with Crippen molar-refractivity contribution in [1.29, 1.82) is 0 Å². The number of hydrogen-bond acceptors (Lipinski definition) is 5. The van der Waals surface area contributed by atoms with E-state index < -0.39 is 11.2 Å². The van der Waals surface area contributed by atoms with Crippen molar-refractivity contribution >= 4 is 5.78 Å². The maximum absolute atomic E-state index is 12.3. The Kier molecular flexibility index (Phi) is 4.27. The van der Waals surface area contributed by atoms with Crippen molar-refractivity contribution < 1.29 is 15.0 Å². The Labute approximate surface area is 121 Å². The van der Waals surface area contributed by atoms with Crippen LogP contribution in [-0.2, 0) is 4.79 Å². The number of carbonyl (C=O) groups excluding carboxylic acids is 1. The van der Waals surface area contributed by atoms with E-state index in [0.29, 0.717) is 18.9 Å². The van der Waals surface area contributed by atoms with E-state index in [1.807, 2.05) is 0 Å². The molecule has 5 heteroatoms. The monoisotopic (exact) mass is 284 g/mol. The zero-order valence-electron chi connectivity index (χ0n) is 13.1. The van der Waals surface area contributed by atoms with Gasteiger partial charge in [0.05, 0.1) is 11.2 Å². The Bertz CT molecular complexity index is 324. The van der Waals surface area contributed by atoms with Crippen LogP contribution in [0.3, 0.4) is 0 Å². The molecule has 0 saturated carbocycles. The summed E-state index contributed by atoms with van der Waals surface area (Å²) in [6.07, 6.45) is 0. The molecule has 2 aliphatic rings. The Balaban J connectivity index is 1.67. The molecule has 2 aliphatic heterocycles. The summed E-state index contributed by atoms with van der Waals surface area (Å²) >= 11 is 0. The van der Waals surface area contributed by atoms with Gasteiger partial charge in [-0.1, -0.05) is 0 Å². The third-order valence-electron chi connectivity index (χ3n) is 3.94. The first-order valence-electron chi connectivity index (χ1n) is 7.47. The number of aliphatic hydroxyl groups is 2. The normalized spacial score (nSPS) is 23.5. The molecule has 0 spiro atoms. The van der Waals surface area contributed by atoms with Crippen LogP contribution in [0.25, 0.3) is 0 Å². The van der Waals surface area contributed by atoms with Crippen molar-refractivity contribution in [2.24, 2.45) is 11.8 Å². The zero-order chi connectivity index (χ0) is 15.1. The molecule has 0 atom stereocenters. The molecule has 20 heavy (non-hydrogen) atoms. The first-order chi connectivity index (χ1) is 9.03. The van der Waals surface area contributed by atoms with Crippen LogP contribution in [0.15, 0.2) is 0 Å². The standard InChI is InChI=1S/C15H28N2O3/c1-14(2,19)9-16-5-11(6-16)13(18)12-7-17(8-12)10-15(3,4)20/h11-12,19-20H,5-10H2,1-4H3. The van der Waals surface area contributed by atoms with Crippen LogP contribution in [-0.4, -0.2) is 76.3 Å². The Hall–Kier alpha value is -0.490. The average Bonchev–Trinajstić information content (AvgIpc) is 2.12. The summed E-state index contributed by atoms with van der Waals surface area (Å²) in [5.74, 6) is 0.655. The molecule has 5 nitrogen and oxygen atoms in total. The number of carbonyl (C=O) groups is 1. The second-order valence-corrected chi connectivity index (χ2v) is 7.81. The van der Waals surface area contributed by atoms with Crippen molar-refractivity contribution in [3.05, 3.63) is 0 Å². The molecule has 2 N–H and O–H groups in total. The smallest absolute Gasteiger partial charge is 0.144 e. The molecule has 0 aromatic carbocycles. The fourth-order valence-electron chi connectivity index (χ4n) is 3.19. The molecule has 2 saturated heterocycles. The summed E-state index contributed by atoms with van der Waals surface area (Å²) in [5.41, 5.74) is -1.37. The van der Waals surface area contributed by atoms with E-state index in [-0.39, 0.29) is 11.8 Å². The molecule has 2 rings (SSSR count). The topological polar surface area (TPSA) is 64.0 Å². The molecule has 0 aliphatic carbocycles. The third-order valence-corrected chi connectivity index (χ3v) is 3.94. The number of hydrogen-bond donors (Lipinski definition) is 2. The minimum atomic E-state index is -0.687. The number of rotatable bonds is 6. The molecule has 0 bridgehead atoms. The van der Waals surface area contributed by atoms with Gasteiger partial charge in [-0.2, -0.15) is 0 Å². The van der Waals surface area contributed by atoms with Gasteiger partial charge in [-0.05, 0) is 27.7 Å². The van der Waals surface area contributed by atoms with E-state index in [0.717, 1.165) is 26.2 Å². The maximum Gasteiger partial charge on any atom is 0.144 e. The van der Waals surface area contributed by atoms with Gasteiger partial charge in [-0.15, -0.1) is 0 Å². The van der Waals surface area contributed by atoms with Crippen LogP contribution in [0.4, 0.5) is 0 Å². The van der Waals surface area contributed by atoms with Crippen LogP contribution in [0, 0.1) is 11.8 Å². The Morgan fingerprint density at radius 2 is 1.20 bits per heavy atom. The summed E-state index contributed by atoms with van der Waals surface area (Å²) in [6.45, 7) is 11.6. The lowest BCUT2D eigenvalue weighted by Crippen LogP contribution is -2.61. The Morgan fingerprint density at radius 3 is 1.45 bits per heavy atom. The highest BCUT2D eigenvalue weighted by Gasteiger charge is 2.42. The summed E-state index contributed by atoms with van der Waals surface area (Å²) in [6, 6.07) is 0. The lowest BCUT2D eigenvalue weighted by Gasteiger charge is -2.46. The number of β-amino-alcohol motifs (C(OH)–C–C–N with tert-alkyl or cyclic N) is 2. The SMILES string of the molecule is CC(C)(O)CN1CC(C(=O)C2CN(CC(C)(C)O)C2)C1. The predicted octanol–water partition coefficient (Wildman–Crippen LogP) is -0.0391. The maximum atomic E-state index is 12.3. The number of likely N-dealkylation sites (tertiary alicyclic amines) is 2. The lowest BCUT2D eigenvalue weighted by molar-refractivity contribution is -0.140. The predicted molar refractivity (Wildman–Crippen MR) is 77.5 cm³/mol. The second kappa shape index (κ2) is 5.37. The summed E-state index contributed by atoms with van der Waals surface area (Å²) < 4.78 is 0. The van der Waals surface area contributed by atoms with Gasteiger partial charge in [-0.25, -0.2) is 0 Å². The van der Waals surface area contributed by atoms with Crippen LogP contribution >= 0.6 is 0 Å². The van der Waals surface area contributed by atoms with Crippen LogP contribution in [0.1, 0.15) is 27.7 Å². The third kappa shape index (κ3) is 4.25. The summed E-state index contributed by atoms with van der Waals surface area (Å²) in [4.78, 5) is 16.5. The highest BCUT2D eigenvalue weighted by molar-refractivity contribution is 5.85. The van der Waals surface area contributed by atoms with Crippen molar-refractivity contribution in [1.82, 2.24) is 9.80 Å². The van der Waals surface area contributed by atoms with Crippen molar-refractivity contribution in [2.75, 3.05) is 39.3 Å². The number of nitrogens with zero attached hydrogens (tertiary/aromatic N) is 2. The molecule has 0 aromatic heterocycles. The van der Waals surface area contributed by atoms with E-state index in [1.54, 1.807) is 27.7 Å². The molecule has 0 aromatic rings. The highest BCUT2D eigenvalue weighted by Crippen LogP contribution is 2.27. The fourth-order valence-corrected chi connectivity index (χ4v) is 3.19. The van der Waals surface area contributed by atoms with Gasteiger partial charge in [0.2, 0.25) is 0 Å². The van der Waals surface area contributed by atoms with Crippen molar-refractivity contribution in [3.63, 3.8) is 0 Å². The van der Waals surface area contributed by atoms with Crippen molar-refractivity contribution in [3.8, 4) is 0 Å². The summed E-state index contributed by atoms with van der Waals surface area (Å²) in [5, 5.41) is 19.5. The molecular formula is C15H28N2O3. The molecule has 2 fully saturated rings. The molecular weight excluding hydrogens is 256 g/mol. The zero-order valence-corrected chi connectivity index (χ0v) is 13.1. The first kappa shape index (κ1) is 15.9. The fraction of sp³-hybridized carbons (Fsp3) is 0.933. The lowest BCUT2D eigenvalue weighted by atomic mass is 9.82. The van der Waals surface area contributed by atoms with Gasteiger partial charge in [0, 0.05) is 51.1 Å². The van der Waals surface area contributed by atoms with Gasteiger partial charge in [-0.3, -0.25) is 14.6 Å². The van der Waals surface area contributed by atoms with Gasteiger partial charge in [0.15, 0.2) is 0 Å². The van der Waals surface area contributed by atoms with Crippen molar-refractivity contribution in [2.45, 2.75) is 38.9 Å².